The number of imidazole rings is 1. The number of halogens is 2. The van der Waals surface area contributed by atoms with E-state index in [1.807, 2.05) is 11.6 Å². The largest absolute Gasteiger partial charge is 0.496 e. The number of ether oxygens (including phenoxy) is 1. The second-order valence-corrected chi connectivity index (χ2v) is 4.40. The van der Waals surface area contributed by atoms with E-state index < -0.39 is 23.1 Å². The maximum atomic E-state index is 13.7. The third kappa shape index (κ3) is 3.18. The zero-order valence-corrected chi connectivity index (χ0v) is 11.7. The van der Waals surface area contributed by atoms with E-state index >= 15 is 0 Å². The van der Waals surface area contributed by atoms with Crippen LogP contribution in [0.15, 0.2) is 24.5 Å². The Kier molecular flexibility index (Phi) is 4.52. The van der Waals surface area contributed by atoms with Gasteiger partial charge in [0.05, 0.1) is 7.11 Å². The summed E-state index contributed by atoms with van der Waals surface area (Å²) in [6, 6.07) is 2.13. The molecule has 0 bridgehead atoms. The lowest BCUT2D eigenvalue weighted by Gasteiger charge is -2.10. The molecule has 0 aliphatic carbocycles. The van der Waals surface area contributed by atoms with Gasteiger partial charge in [-0.1, -0.05) is 0 Å². The van der Waals surface area contributed by atoms with Gasteiger partial charge in [0, 0.05) is 32.4 Å². The number of aryl methyl sites for hydroxylation is 1. The normalized spacial score (nSPS) is 10.5. The lowest BCUT2D eigenvalue weighted by Crippen LogP contribution is -2.28. The average molecular weight is 295 g/mol. The zero-order valence-electron chi connectivity index (χ0n) is 11.7. The maximum absolute atomic E-state index is 13.7. The number of benzene rings is 1. The van der Waals surface area contributed by atoms with Crippen molar-refractivity contribution >= 4 is 5.91 Å². The van der Waals surface area contributed by atoms with E-state index in [9.17, 15) is 13.6 Å². The van der Waals surface area contributed by atoms with Gasteiger partial charge in [0.1, 0.15) is 17.1 Å². The van der Waals surface area contributed by atoms with Crippen LogP contribution >= 0.6 is 0 Å². The smallest absolute Gasteiger partial charge is 0.258 e. The molecule has 1 N–H and O–H groups in total. The number of hydrogen-bond acceptors (Lipinski definition) is 3. The first-order valence-corrected chi connectivity index (χ1v) is 6.31. The highest BCUT2D eigenvalue weighted by atomic mass is 19.2. The van der Waals surface area contributed by atoms with Crippen LogP contribution < -0.4 is 10.1 Å². The number of nitrogens with zero attached hydrogens (tertiary/aromatic N) is 2. The molecule has 7 heteroatoms. The van der Waals surface area contributed by atoms with Crippen LogP contribution in [0.25, 0.3) is 0 Å². The molecular weight excluding hydrogens is 280 g/mol. The SMILES string of the molecule is COc1ccc(F)c(F)c1C(=O)NCCc1nccn1C. The molecule has 1 heterocycles. The van der Waals surface area contributed by atoms with Gasteiger partial charge in [-0.05, 0) is 12.1 Å². The van der Waals surface area contributed by atoms with Crippen LogP contribution in [0.3, 0.4) is 0 Å². The molecule has 1 amide bonds. The van der Waals surface area contributed by atoms with Crippen molar-refractivity contribution in [1.29, 1.82) is 0 Å². The van der Waals surface area contributed by atoms with E-state index in [2.05, 4.69) is 10.3 Å². The number of amides is 1. The summed E-state index contributed by atoms with van der Waals surface area (Å²) in [6.07, 6.45) is 3.91. The van der Waals surface area contributed by atoms with Gasteiger partial charge >= 0.3 is 0 Å². The summed E-state index contributed by atoms with van der Waals surface area (Å²) in [7, 11) is 3.12. The van der Waals surface area contributed by atoms with Crippen molar-refractivity contribution in [2.45, 2.75) is 6.42 Å². The van der Waals surface area contributed by atoms with E-state index in [0.29, 0.717) is 6.42 Å². The van der Waals surface area contributed by atoms with Crippen LogP contribution in [0.1, 0.15) is 16.2 Å². The van der Waals surface area contributed by atoms with Crippen molar-refractivity contribution in [2.24, 2.45) is 7.05 Å². The number of aromatic nitrogens is 2. The molecule has 2 aromatic rings. The highest BCUT2D eigenvalue weighted by Crippen LogP contribution is 2.23. The van der Waals surface area contributed by atoms with Gasteiger partial charge in [0.25, 0.3) is 5.91 Å². The quantitative estimate of drug-likeness (QED) is 0.913. The van der Waals surface area contributed by atoms with E-state index in [1.54, 1.807) is 12.4 Å². The molecule has 0 unspecified atom stereocenters. The fourth-order valence-electron chi connectivity index (χ4n) is 1.93. The van der Waals surface area contributed by atoms with Gasteiger partial charge in [-0.25, -0.2) is 13.8 Å². The first-order chi connectivity index (χ1) is 10.0. The molecule has 1 aromatic heterocycles. The zero-order chi connectivity index (χ0) is 15.4. The second kappa shape index (κ2) is 6.34. The van der Waals surface area contributed by atoms with Gasteiger partial charge in [0.15, 0.2) is 11.6 Å². The van der Waals surface area contributed by atoms with Crippen LogP contribution in [-0.2, 0) is 13.5 Å². The minimum Gasteiger partial charge on any atom is -0.496 e. The van der Waals surface area contributed by atoms with Crippen LogP contribution in [0.5, 0.6) is 5.75 Å². The number of carbonyl (C=O) groups excluding carboxylic acids is 1. The minimum atomic E-state index is -1.22. The number of methoxy groups -OCH3 is 1. The third-order valence-electron chi connectivity index (χ3n) is 3.06. The molecule has 0 aliphatic heterocycles. The van der Waals surface area contributed by atoms with Gasteiger partial charge in [0.2, 0.25) is 0 Å². The van der Waals surface area contributed by atoms with Gasteiger partial charge in [-0.15, -0.1) is 0 Å². The summed E-state index contributed by atoms with van der Waals surface area (Å²) in [6.45, 7) is 0.253. The van der Waals surface area contributed by atoms with E-state index in [1.165, 1.54) is 13.2 Å². The molecule has 0 aliphatic rings. The predicted octanol–water partition coefficient (Wildman–Crippen LogP) is 1.68. The summed E-state index contributed by atoms with van der Waals surface area (Å²) in [4.78, 5) is 16.1. The summed E-state index contributed by atoms with van der Waals surface area (Å²) >= 11 is 0. The molecule has 2 rings (SSSR count). The molecular formula is C14H15F2N3O2. The van der Waals surface area contributed by atoms with Crippen LogP contribution in [0, 0.1) is 11.6 Å². The molecule has 0 spiro atoms. The first kappa shape index (κ1) is 15.0. The number of hydrogen-bond donors (Lipinski definition) is 1. The van der Waals surface area contributed by atoms with Crippen molar-refractivity contribution in [2.75, 3.05) is 13.7 Å². The molecule has 0 fully saturated rings. The topological polar surface area (TPSA) is 56.1 Å². The Hall–Kier alpha value is -2.44. The maximum Gasteiger partial charge on any atom is 0.258 e. The molecule has 112 valence electrons. The fraction of sp³-hybridized carbons (Fsp3) is 0.286. The molecule has 21 heavy (non-hydrogen) atoms. The lowest BCUT2D eigenvalue weighted by molar-refractivity contribution is 0.0945. The summed E-state index contributed by atoms with van der Waals surface area (Å²) in [5.41, 5.74) is -0.433. The monoisotopic (exact) mass is 295 g/mol. The van der Waals surface area contributed by atoms with Crippen molar-refractivity contribution < 1.29 is 18.3 Å². The van der Waals surface area contributed by atoms with Gasteiger partial charge < -0.3 is 14.6 Å². The summed E-state index contributed by atoms with van der Waals surface area (Å²) < 4.78 is 33.7. The van der Waals surface area contributed by atoms with Crippen molar-refractivity contribution in [3.8, 4) is 5.75 Å². The molecule has 0 atom stereocenters. The minimum absolute atomic E-state index is 0.0107. The Morgan fingerprint density at radius 2 is 2.19 bits per heavy atom. The summed E-state index contributed by atoms with van der Waals surface area (Å²) in [5.74, 6) is -2.27. The van der Waals surface area contributed by atoms with Crippen molar-refractivity contribution in [1.82, 2.24) is 14.9 Å². The second-order valence-electron chi connectivity index (χ2n) is 4.40. The molecule has 0 saturated heterocycles. The fourth-order valence-corrected chi connectivity index (χ4v) is 1.93. The predicted molar refractivity (Wildman–Crippen MR) is 72.2 cm³/mol. The number of nitrogens with one attached hydrogen (secondary N) is 1. The lowest BCUT2D eigenvalue weighted by atomic mass is 10.1. The standard InChI is InChI=1S/C14H15F2N3O2/c1-19-8-7-17-11(19)5-6-18-14(20)12-10(21-2)4-3-9(15)13(12)16/h3-4,7-8H,5-6H2,1-2H3,(H,18,20). The van der Waals surface area contributed by atoms with Crippen molar-refractivity contribution in [3.63, 3.8) is 0 Å². The third-order valence-corrected chi connectivity index (χ3v) is 3.06. The molecule has 0 saturated carbocycles. The van der Waals surface area contributed by atoms with Crippen LogP contribution in [-0.4, -0.2) is 29.1 Å². The Labute approximate surface area is 120 Å². The molecule has 0 radical (unpaired) electrons. The molecule has 1 aromatic carbocycles. The number of rotatable bonds is 5. The van der Waals surface area contributed by atoms with E-state index in [-0.39, 0.29) is 12.3 Å². The highest BCUT2D eigenvalue weighted by molar-refractivity contribution is 5.97. The van der Waals surface area contributed by atoms with E-state index in [4.69, 9.17) is 4.74 Å². The first-order valence-electron chi connectivity index (χ1n) is 6.31. The van der Waals surface area contributed by atoms with Crippen LogP contribution in [0.2, 0.25) is 0 Å². The van der Waals surface area contributed by atoms with Gasteiger partial charge in [-0.2, -0.15) is 0 Å². The molecule has 5 nitrogen and oxygen atoms in total. The van der Waals surface area contributed by atoms with Gasteiger partial charge in [-0.3, -0.25) is 4.79 Å². The van der Waals surface area contributed by atoms with Crippen LogP contribution in [0.4, 0.5) is 8.78 Å². The Bertz CT molecular complexity index is 656. The Morgan fingerprint density at radius 1 is 1.43 bits per heavy atom. The number of carbonyl (C=O) groups is 1. The van der Waals surface area contributed by atoms with Crippen molar-refractivity contribution in [3.05, 3.63) is 47.5 Å². The highest BCUT2D eigenvalue weighted by Gasteiger charge is 2.21. The Morgan fingerprint density at radius 3 is 2.81 bits per heavy atom. The Balaban J connectivity index is 2.07. The average Bonchev–Trinajstić information content (AvgIpc) is 2.87. The van der Waals surface area contributed by atoms with E-state index in [0.717, 1.165) is 11.9 Å². The summed E-state index contributed by atoms with van der Waals surface area (Å²) in [5, 5.41) is 2.53.